The van der Waals surface area contributed by atoms with Gasteiger partial charge in [0.2, 0.25) is 11.2 Å². The number of rotatable bonds is 2. The third kappa shape index (κ3) is 2.10. The summed E-state index contributed by atoms with van der Waals surface area (Å²) in [5, 5.41) is 17.7. The summed E-state index contributed by atoms with van der Waals surface area (Å²) < 4.78 is 0. The van der Waals surface area contributed by atoms with Crippen LogP contribution in [0.2, 0.25) is 5.28 Å². The van der Waals surface area contributed by atoms with Gasteiger partial charge in [-0.25, -0.2) is 4.98 Å². The molecule has 1 amide bonds. The zero-order valence-electron chi connectivity index (χ0n) is 9.00. The molecule has 1 atom stereocenters. The topological polar surface area (TPSA) is 107 Å². The molecule has 0 aromatic carbocycles. The Labute approximate surface area is 107 Å². The Hall–Kier alpha value is -2.20. The Morgan fingerprint density at radius 1 is 1.67 bits per heavy atom. The van der Waals surface area contributed by atoms with Crippen molar-refractivity contribution in [3.63, 3.8) is 0 Å². The number of carbonyl (C=O) groups excluding carboxylic acids is 1. The minimum atomic E-state index is -1.05. The van der Waals surface area contributed by atoms with Gasteiger partial charge in [-0.3, -0.25) is 14.5 Å². The Kier molecular flexibility index (Phi) is 3.12. The average Bonchev–Trinajstić information content (AvgIpc) is 2.71. The maximum Gasteiger partial charge on any atom is 0.308 e. The lowest BCUT2D eigenvalue weighted by molar-refractivity contribution is -0.141. The van der Waals surface area contributed by atoms with Gasteiger partial charge in [0.15, 0.2) is 5.82 Å². The molecular weight excluding hydrogens is 260 g/mol. The van der Waals surface area contributed by atoms with Gasteiger partial charge in [-0.2, -0.15) is 10.2 Å². The number of aromatic nitrogens is 2. The first-order valence-corrected chi connectivity index (χ1v) is 5.36. The van der Waals surface area contributed by atoms with Crippen LogP contribution in [-0.4, -0.2) is 33.5 Å². The molecule has 2 heterocycles. The molecule has 0 saturated carbocycles. The molecule has 1 aliphatic rings. The summed E-state index contributed by atoms with van der Waals surface area (Å²) in [6, 6.07) is 1.84. The molecule has 0 aliphatic carbocycles. The summed E-state index contributed by atoms with van der Waals surface area (Å²) in [6.07, 6.45) is 1.09. The van der Waals surface area contributed by atoms with Crippen LogP contribution in [0.3, 0.4) is 0 Å². The summed E-state index contributed by atoms with van der Waals surface area (Å²) in [4.78, 5) is 31.2. The van der Waals surface area contributed by atoms with Gasteiger partial charge in [-0.1, -0.05) is 0 Å². The molecular formula is C10H7ClN4O3. The van der Waals surface area contributed by atoms with Gasteiger partial charge in [0, 0.05) is 13.0 Å². The second-order valence-corrected chi connectivity index (χ2v) is 4.07. The van der Waals surface area contributed by atoms with E-state index in [2.05, 4.69) is 9.97 Å². The van der Waals surface area contributed by atoms with Crippen LogP contribution in [0.25, 0.3) is 0 Å². The first kappa shape index (κ1) is 12.3. The summed E-state index contributed by atoms with van der Waals surface area (Å²) in [5.74, 6) is -2.18. The second-order valence-electron chi connectivity index (χ2n) is 3.73. The first-order valence-electron chi connectivity index (χ1n) is 4.98. The van der Waals surface area contributed by atoms with Crippen LogP contribution in [0, 0.1) is 17.2 Å². The molecule has 0 spiro atoms. The van der Waals surface area contributed by atoms with Crippen LogP contribution in [0.1, 0.15) is 12.0 Å². The molecule has 1 unspecified atom stereocenters. The van der Waals surface area contributed by atoms with E-state index >= 15 is 0 Å². The van der Waals surface area contributed by atoms with Crippen LogP contribution in [0.5, 0.6) is 0 Å². The predicted molar refractivity (Wildman–Crippen MR) is 59.9 cm³/mol. The average molecular weight is 267 g/mol. The van der Waals surface area contributed by atoms with Crippen molar-refractivity contribution in [3.05, 3.63) is 17.0 Å². The van der Waals surface area contributed by atoms with Gasteiger partial charge in [0.1, 0.15) is 11.6 Å². The van der Waals surface area contributed by atoms with E-state index in [1.807, 2.05) is 6.07 Å². The Morgan fingerprint density at radius 2 is 2.39 bits per heavy atom. The standard InChI is InChI=1S/C10H7ClN4O3/c11-10-13-3-6(2-12)8(14-10)15-4-5(9(17)18)1-7(15)16/h3,5H,1,4H2,(H,17,18). The van der Waals surface area contributed by atoms with E-state index in [-0.39, 0.29) is 29.6 Å². The summed E-state index contributed by atoms with van der Waals surface area (Å²) >= 11 is 5.61. The Bertz CT molecular complexity index is 569. The van der Waals surface area contributed by atoms with Gasteiger partial charge < -0.3 is 5.11 Å². The smallest absolute Gasteiger partial charge is 0.308 e. The van der Waals surface area contributed by atoms with Crippen molar-refractivity contribution in [2.24, 2.45) is 5.92 Å². The molecule has 2 rings (SSSR count). The van der Waals surface area contributed by atoms with E-state index in [1.165, 1.54) is 6.20 Å². The van der Waals surface area contributed by atoms with Crippen LogP contribution in [0.15, 0.2) is 6.20 Å². The Balaban J connectivity index is 2.38. The van der Waals surface area contributed by atoms with Crippen LogP contribution in [0.4, 0.5) is 5.82 Å². The van der Waals surface area contributed by atoms with Gasteiger partial charge in [-0.05, 0) is 11.6 Å². The lowest BCUT2D eigenvalue weighted by atomic mass is 10.1. The third-order valence-electron chi connectivity index (χ3n) is 2.59. The minimum absolute atomic E-state index is 0.0177. The van der Waals surface area contributed by atoms with Gasteiger partial charge in [0.05, 0.1) is 12.1 Å². The number of carboxylic acid groups (broad SMARTS) is 1. The van der Waals surface area contributed by atoms with Crippen molar-refractivity contribution in [3.8, 4) is 6.07 Å². The summed E-state index contributed by atoms with van der Waals surface area (Å²) in [6.45, 7) is -0.0177. The Morgan fingerprint density at radius 3 is 2.94 bits per heavy atom. The number of hydrogen-bond donors (Lipinski definition) is 1. The molecule has 7 nitrogen and oxygen atoms in total. The fraction of sp³-hybridized carbons (Fsp3) is 0.300. The fourth-order valence-corrected chi connectivity index (χ4v) is 1.84. The van der Waals surface area contributed by atoms with Crippen molar-refractivity contribution in [1.82, 2.24) is 9.97 Å². The van der Waals surface area contributed by atoms with E-state index < -0.39 is 17.8 Å². The van der Waals surface area contributed by atoms with Crippen LogP contribution < -0.4 is 4.90 Å². The van der Waals surface area contributed by atoms with E-state index in [1.54, 1.807) is 0 Å². The maximum absolute atomic E-state index is 11.7. The lowest BCUT2D eigenvalue weighted by Crippen LogP contribution is -2.27. The van der Waals surface area contributed by atoms with Crippen molar-refractivity contribution < 1.29 is 14.7 Å². The molecule has 18 heavy (non-hydrogen) atoms. The predicted octanol–water partition coefficient (Wildman–Crippen LogP) is 0.439. The molecule has 0 bridgehead atoms. The van der Waals surface area contributed by atoms with Crippen molar-refractivity contribution >= 4 is 29.3 Å². The first-order chi connectivity index (χ1) is 8.52. The highest BCUT2D eigenvalue weighted by atomic mass is 35.5. The molecule has 1 aromatic rings. The SMILES string of the molecule is N#Cc1cnc(Cl)nc1N1CC(C(=O)O)CC1=O. The van der Waals surface area contributed by atoms with E-state index in [9.17, 15) is 9.59 Å². The third-order valence-corrected chi connectivity index (χ3v) is 2.77. The minimum Gasteiger partial charge on any atom is -0.481 e. The van der Waals surface area contributed by atoms with Crippen molar-refractivity contribution in [2.75, 3.05) is 11.4 Å². The zero-order valence-corrected chi connectivity index (χ0v) is 9.76. The number of amides is 1. The molecule has 0 radical (unpaired) electrons. The number of carbonyl (C=O) groups is 2. The van der Waals surface area contributed by atoms with Gasteiger partial charge >= 0.3 is 5.97 Å². The van der Waals surface area contributed by atoms with Crippen LogP contribution >= 0.6 is 11.6 Å². The van der Waals surface area contributed by atoms with E-state index in [0.717, 1.165) is 4.90 Å². The van der Waals surface area contributed by atoms with E-state index in [0.29, 0.717) is 0 Å². The van der Waals surface area contributed by atoms with Gasteiger partial charge in [-0.15, -0.1) is 0 Å². The fourth-order valence-electron chi connectivity index (χ4n) is 1.71. The highest BCUT2D eigenvalue weighted by Gasteiger charge is 2.36. The molecule has 1 aliphatic heterocycles. The normalized spacial score (nSPS) is 18.8. The number of nitrogens with zero attached hydrogens (tertiary/aromatic N) is 4. The van der Waals surface area contributed by atoms with Crippen LogP contribution in [-0.2, 0) is 9.59 Å². The number of carboxylic acids is 1. The largest absolute Gasteiger partial charge is 0.481 e. The second kappa shape index (κ2) is 4.58. The quantitative estimate of drug-likeness (QED) is 0.778. The summed E-state index contributed by atoms with van der Waals surface area (Å²) in [7, 11) is 0. The van der Waals surface area contributed by atoms with Crippen molar-refractivity contribution in [2.45, 2.75) is 6.42 Å². The van der Waals surface area contributed by atoms with Gasteiger partial charge in [0.25, 0.3) is 0 Å². The molecule has 8 heteroatoms. The van der Waals surface area contributed by atoms with Crippen molar-refractivity contribution in [1.29, 1.82) is 5.26 Å². The monoisotopic (exact) mass is 266 g/mol. The van der Waals surface area contributed by atoms with E-state index in [4.69, 9.17) is 22.0 Å². The summed E-state index contributed by atoms with van der Waals surface area (Å²) in [5.41, 5.74) is 0.0822. The molecule has 1 N–H and O–H groups in total. The highest BCUT2D eigenvalue weighted by molar-refractivity contribution is 6.28. The molecule has 1 saturated heterocycles. The number of halogens is 1. The lowest BCUT2D eigenvalue weighted by Gasteiger charge is -2.15. The molecule has 1 aromatic heterocycles. The molecule has 92 valence electrons. The zero-order chi connectivity index (χ0) is 13.3. The number of nitriles is 1. The number of aliphatic carboxylic acids is 1. The number of anilines is 1. The highest BCUT2D eigenvalue weighted by Crippen LogP contribution is 2.26. The maximum atomic E-state index is 11.7. The number of hydrogen-bond acceptors (Lipinski definition) is 5. The molecule has 1 fully saturated rings.